The fraction of sp³-hybridized carbons (Fsp3) is 0.500. The highest BCUT2D eigenvalue weighted by Crippen LogP contribution is 2.65. The van der Waals surface area contributed by atoms with E-state index in [2.05, 4.69) is 10.4 Å². The molecular formula is C22H23ClFN3O3. The molecule has 1 aromatic carbocycles. The first-order valence-corrected chi connectivity index (χ1v) is 10.7. The Balaban J connectivity index is 1.52. The second-order valence-electron chi connectivity index (χ2n) is 9.45. The average molecular weight is 432 g/mol. The van der Waals surface area contributed by atoms with Gasteiger partial charge in [-0.1, -0.05) is 23.7 Å². The van der Waals surface area contributed by atoms with Gasteiger partial charge in [-0.25, -0.2) is 9.07 Å². The zero-order valence-electron chi connectivity index (χ0n) is 16.4. The summed E-state index contributed by atoms with van der Waals surface area (Å²) in [5.74, 6) is -0.409. The van der Waals surface area contributed by atoms with E-state index >= 15 is 0 Å². The summed E-state index contributed by atoms with van der Waals surface area (Å²) in [6.07, 6.45) is 6.82. The van der Waals surface area contributed by atoms with Crippen molar-refractivity contribution < 1.29 is 14.3 Å². The standard InChI is InChI=1S/C22H23ClFN3O3/c23-19-17(26-16-4-2-1-3-15(16)24)11-25-27(20(19)30)22-8-13-5-14(9-22)7-21(6-13,12-22)10-18(28)29/h1-4,11,13-14,26H,5-10,12H2,(H,28,29). The van der Waals surface area contributed by atoms with Crippen LogP contribution in [0, 0.1) is 23.1 Å². The molecule has 6 rings (SSSR count). The lowest BCUT2D eigenvalue weighted by Gasteiger charge is -2.61. The van der Waals surface area contributed by atoms with E-state index in [4.69, 9.17) is 11.6 Å². The normalized spacial score (nSPS) is 31.7. The summed E-state index contributed by atoms with van der Waals surface area (Å²) < 4.78 is 15.5. The van der Waals surface area contributed by atoms with Crippen LogP contribution in [0.4, 0.5) is 15.8 Å². The van der Waals surface area contributed by atoms with Crippen LogP contribution in [-0.4, -0.2) is 20.9 Å². The summed E-state index contributed by atoms with van der Waals surface area (Å²) in [4.78, 5) is 24.8. The molecule has 158 valence electrons. The number of halogens is 2. The van der Waals surface area contributed by atoms with Crippen LogP contribution in [0.3, 0.4) is 0 Å². The van der Waals surface area contributed by atoms with Crippen LogP contribution in [0.1, 0.15) is 44.9 Å². The molecule has 8 heteroatoms. The Bertz CT molecular complexity index is 1070. The molecule has 2 N–H and O–H groups in total. The fourth-order valence-corrected chi connectivity index (χ4v) is 6.92. The third-order valence-corrected chi connectivity index (χ3v) is 7.55. The molecule has 2 aromatic rings. The number of aliphatic carboxylic acids is 1. The van der Waals surface area contributed by atoms with E-state index in [1.807, 2.05) is 0 Å². The van der Waals surface area contributed by atoms with E-state index < -0.39 is 22.9 Å². The molecule has 4 saturated carbocycles. The van der Waals surface area contributed by atoms with Crippen LogP contribution in [0.5, 0.6) is 0 Å². The minimum atomic E-state index is -0.783. The third-order valence-electron chi connectivity index (χ3n) is 7.19. The van der Waals surface area contributed by atoms with Crippen molar-refractivity contribution >= 4 is 28.9 Å². The lowest BCUT2D eigenvalue weighted by atomic mass is 9.46. The maximum Gasteiger partial charge on any atom is 0.303 e. The molecule has 0 spiro atoms. The monoisotopic (exact) mass is 431 g/mol. The Morgan fingerprint density at radius 1 is 1.23 bits per heavy atom. The quantitative estimate of drug-likeness (QED) is 0.725. The predicted molar refractivity (Wildman–Crippen MR) is 111 cm³/mol. The number of hydrogen-bond acceptors (Lipinski definition) is 4. The molecule has 0 amide bonds. The number of carbonyl (C=O) groups is 1. The van der Waals surface area contributed by atoms with Crippen LogP contribution < -0.4 is 10.9 Å². The fourth-order valence-electron chi connectivity index (χ4n) is 6.74. The van der Waals surface area contributed by atoms with Crippen molar-refractivity contribution in [3.63, 3.8) is 0 Å². The van der Waals surface area contributed by atoms with Crippen LogP contribution in [-0.2, 0) is 10.3 Å². The molecule has 2 atom stereocenters. The minimum Gasteiger partial charge on any atom is -0.481 e. The van der Waals surface area contributed by atoms with Crippen molar-refractivity contribution in [2.75, 3.05) is 5.32 Å². The highest BCUT2D eigenvalue weighted by molar-refractivity contribution is 6.33. The summed E-state index contributed by atoms with van der Waals surface area (Å²) in [5.41, 5.74) is -0.698. The van der Waals surface area contributed by atoms with Gasteiger partial charge in [0.15, 0.2) is 0 Å². The Hall–Kier alpha value is -2.41. The Kier molecular flexibility index (Phi) is 4.43. The van der Waals surface area contributed by atoms with E-state index in [1.54, 1.807) is 18.2 Å². The van der Waals surface area contributed by atoms with Gasteiger partial charge in [0.2, 0.25) is 0 Å². The van der Waals surface area contributed by atoms with Gasteiger partial charge >= 0.3 is 5.97 Å². The molecule has 30 heavy (non-hydrogen) atoms. The number of rotatable bonds is 5. The van der Waals surface area contributed by atoms with Gasteiger partial charge in [-0.2, -0.15) is 5.10 Å². The molecule has 2 unspecified atom stereocenters. The highest BCUT2D eigenvalue weighted by Gasteiger charge is 2.59. The van der Waals surface area contributed by atoms with Gasteiger partial charge in [0.25, 0.3) is 5.56 Å². The van der Waals surface area contributed by atoms with E-state index in [9.17, 15) is 19.1 Å². The highest BCUT2D eigenvalue weighted by atomic mass is 35.5. The Labute approximate surface area is 178 Å². The summed E-state index contributed by atoms with van der Waals surface area (Å²) in [6, 6.07) is 6.15. The first-order valence-electron chi connectivity index (χ1n) is 10.3. The number of nitrogens with zero attached hydrogens (tertiary/aromatic N) is 2. The van der Waals surface area contributed by atoms with Gasteiger partial charge in [-0.3, -0.25) is 9.59 Å². The smallest absolute Gasteiger partial charge is 0.303 e. The van der Waals surface area contributed by atoms with E-state index in [1.165, 1.54) is 16.9 Å². The maximum atomic E-state index is 14.0. The molecule has 0 aliphatic heterocycles. The van der Waals surface area contributed by atoms with Crippen molar-refractivity contribution in [1.29, 1.82) is 0 Å². The summed E-state index contributed by atoms with van der Waals surface area (Å²) >= 11 is 6.41. The van der Waals surface area contributed by atoms with E-state index in [0.29, 0.717) is 18.3 Å². The summed E-state index contributed by atoms with van der Waals surface area (Å²) in [7, 11) is 0. The lowest BCUT2D eigenvalue weighted by molar-refractivity contribution is -0.151. The SMILES string of the molecule is O=C(O)CC12CC3CC(C1)CC(n1ncc(Nc4ccccc4F)c(Cl)c1=O)(C3)C2. The zero-order valence-corrected chi connectivity index (χ0v) is 17.2. The number of para-hydroxylation sites is 1. The molecule has 0 radical (unpaired) electrons. The van der Waals surface area contributed by atoms with Crippen molar-refractivity contribution in [2.45, 2.75) is 50.5 Å². The number of hydrogen-bond donors (Lipinski definition) is 2. The van der Waals surface area contributed by atoms with Gasteiger partial charge in [-0.15, -0.1) is 0 Å². The third kappa shape index (κ3) is 3.11. The lowest BCUT2D eigenvalue weighted by Crippen LogP contribution is -2.59. The molecule has 6 nitrogen and oxygen atoms in total. The molecule has 1 heterocycles. The van der Waals surface area contributed by atoms with Crippen LogP contribution in [0.2, 0.25) is 5.02 Å². The Morgan fingerprint density at radius 3 is 2.60 bits per heavy atom. The number of benzene rings is 1. The maximum absolute atomic E-state index is 14.0. The molecule has 4 aliphatic rings. The molecule has 1 aromatic heterocycles. The van der Waals surface area contributed by atoms with Gasteiger partial charge < -0.3 is 10.4 Å². The first-order chi connectivity index (χ1) is 14.3. The van der Waals surface area contributed by atoms with Crippen LogP contribution in [0.15, 0.2) is 35.3 Å². The first kappa shape index (κ1) is 19.5. The van der Waals surface area contributed by atoms with E-state index in [0.717, 1.165) is 32.1 Å². The van der Waals surface area contributed by atoms with Crippen molar-refractivity contribution in [1.82, 2.24) is 9.78 Å². The second kappa shape index (κ2) is 6.80. The van der Waals surface area contributed by atoms with Gasteiger partial charge in [0.05, 0.1) is 29.5 Å². The summed E-state index contributed by atoms with van der Waals surface area (Å²) in [5, 5.41) is 16.8. The van der Waals surface area contributed by atoms with Gasteiger partial charge in [-0.05, 0) is 67.9 Å². The molecule has 4 aliphatic carbocycles. The largest absolute Gasteiger partial charge is 0.481 e. The number of aromatic nitrogens is 2. The average Bonchev–Trinajstić information content (AvgIpc) is 2.65. The molecule has 4 bridgehead atoms. The van der Waals surface area contributed by atoms with Gasteiger partial charge in [0.1, 0.15) is 10.8 Å². The van der Waals surface area contributed by atoms with Crippen molar-refractivity contribution in [3.05, 3.63) is 51.7 Å². The topological polar surface area (TPSA) is 84.2 Å². The molecule has 4 fully saturated rings. The minimum absolute atomic E-state index is 0.0312. The number of nitrogens with one attached hydrogen (secondary N) is 1. The van der Waals surface area contributed by atoms with Crippen LogP contribution >= 0.6 is 11.6 Å². The number of carboxylic acid groups (broad SMARTS) is 1. The molecular weight excluding hydrogens is 409 g/mol. The second-order valence-corrected chi connectivity index (χ2v) is 9.83. The van der Waals surface area contributed by atoms with Gasteiger partial charge in [0, 0.05) is 0 Å². The summed E-state index contributed by atoms with van der Waals surface area (Å²) in [6.45, 7) is 0. The van der Waals surface area contributed by atoms with E-state index in [-0.39, 0.29) is 28.2 Å². The van der Waals surface area contributed by atoms with Crippen molar-refractivity contribution in [3.8, 4) is 0 Å². The molecule has 0 saturated heterocycles. The number of anilines is 2. The Morgan fingerprint density at radius 2 is 1.93 bits per heavy atom. The van der Waals surface area contributed by atoms with Crippen molar-refractivity contribution in [2.24, 2.45) is 17.3 Å². The predicted octanol–water partition coefficient (Wildman–Crippen LogP) is 4.55. The zero-order chi connectivity index (χ0) is 21.1. The van der Waals surface area contributed by atoms with Crippen LogP contribution in [0.25, 0.3) is 0 Å². The number of carboxylic acids is 1.